The van der Waals surface area contributed by atoms with Crippen LogP contribution in [0.3, 0.4) is 0 Å². The third-order valence-electron chi connectivity index (χ3n) is 3.73. The minimum atomic E-state index is 0.159. The summed E-state index contributed by atoms with van der Waals surface area (Å²) in [6, 6.07) is 8.92. The summed E-state index contributed by atoms with van der Waals surface area (Å²) < 4.78 is 1.14. The van der Waals surface area contributed by atoms with Crippen LogP contribution < -0.4 is 10.6 Å². The summed E-state index contributed by atoms with van der Waals surface area (Å²) in [4.78, 5) is 12.2. The summed E-state index contributed by atoms with van der Waals surface area (Å²) in [5, 5.41) is 6.52. The van der Waals surface area contributed by atoms with Crippen molar-refractivity contribution in [3.05, 3.63) is 27.8 Å². The number of carbonyl (C=O) groups is 1. The monoisotopic (exact) mass is 342 g/mol. The lowest BCUT2D eigenvalue weighted by molar-refractivity contribution is -0.120. The van der Waals surface area contributed by atoms with Crippen LogP contribution in [0.2, 0.25) is 0 Å². The summed E-state index contributed by atoms with van der Waals surface area (Å²) in [6.07, 6.45) is 3.38. The van der Waals surface area contributed by atoms with E-state index in [4.69, 9.17) is 0 Å². The van der Waals surface area contributed by atoms with Gasteiger partial charge in [-0.2, -0.15) is 0 Å². The normalized spacial score (nSPS) is 30.5. The van der Waals surface area contributed by atoms with Crippen LogP contribution in [-0.4, -0.2) is 18.0 Å². The molecule has 2 fully saturated rings. The van der Waals surface area contributed by atoms with Crippen LogP contribution >= 0.6 is 22.6 Å². The molecule has 0 saturated carbocycles. The van der Waals surface area contributed by atoms with Crippen LogP contribution in [-0.2, 0) is 4.79 Å². The van der Waals surface area contributed by atoms with Crippen LogP contribution in [0.5, 0.6) is 0 Å². The highest BCUT2D eigenvalue weighted by molar-refractivity contribution is 14.1. The minimum absolute atomic E-state index is 0.159. The number of halogens is 1. The van der Waals surface area contributed by atoms with E-state index >= 15 is 0 Å². The Balaban J connectivity index is 1.68. The van der Waals surface area contributed by atoms with Gasteiger partial charge in [0, 0.05) is 21.3 Å². The van der Waals surface area contributed by atoms with Crippen molar-refractivity contribution in [1.82, 2.24) is 5.32 Å². The van der Waals surface area contributed by atoms with E-state index in [1.807, 2.05) is 24.3 Å². The van der Waals surface area contributed by atoms with E-state index in [2.05, 4.69) is 33.2 Å². The van der Waals surface area contributed by atoms with Crippen molar-refractivity contribution in [2.24, 2.45) is 5.92 Å². The predicted molar refractivity (Wildman–Crippen MR) is 75.8 cm³/mol. The maximum Gasteiger partial charge on any atom is 0.229 e. The van der Waals surface area contributed by atoms with E-state index < -0.39 is 0 Å². The Bertz CT molecular complexity index is 449. The van der Waals surface area contributed by atoms with Gasteiger partial charge in [0.15, 0.2) is 0 Å². The Kier molecular flexibility index (Phi) is 3.08. The molecule has 90 valence electrons. The molecule has 0 aliphatic carbocycles. The second-order valence-corrected chi connectivity index (χ2v) is 6.13. The smallest absolute Gasteiger partial charge is 0.229 e. The zero-order valence-electron chi connectivity index (χ0n) is 9.45. The molecule has 2 aliphatic heterocycles. The largest absolute Gasteiger partial charge is 0.326 e. The van der Waals surface area contributed by atoms with Crippen molar-refractivity contribution in [3.8, 4) is 0 Å². The van der Waals surface area contributed by atoms with Crippen LogP contribution in [0.25, 0.3) is 0 Å². The molecule has 2 N–H and O–H groups in total. The molecule has 0 radical (unpaired) electrons. The molecule has 1 amide bonds. The first-order valence-corrected chi connectivity index (χ1v) is 7.13. The quantitative estimate of drug-likeness (QED) is 0.811. The van der Waals surface area contributed by atoms with E-state index in [9.17, 15) is 4.79 Å². The number of carbonyl (C=O) groups excluding carboxylic acids is 1. The van der Waals surface area contributed by atoms with Crippen LogP contribution in [0.15, 0.2) is 24.3 Å². The second-order valence-electron chi connectivity index (χ2n) is 4.89. The Labute approximate surface area is 114 Å². The first-order chi connectivity index (χ1) is 8.22. The van der Waals surface area contributed by atoms with E-state index in [0.717, 1.165) is 22.1 Å². The fourth-order valence-electron chi connectivity index (χ4n) is 2.92. The first-order valence-electron chi connectivity index (χ1n) is 6.05. The van der Waals surface area contributed by atoms with Gasteiger partial charge in [-0.1, -0.05) is 6.07 Å². The summed E-state index contributed by atoms with van der Waals surface area (Å²) in [5.41, 5.74) is 0.907. The lowest BCUT2D eigenvalue weighted by Gasteiger charge is -2.19. The van der Waals surface area contributed by atoms with Crippen molar-refractivity contribution in [2.45, 2.75) is 31.3 Å². The summed E-state index contributed by atoms with van der Waals surface area (Å²) in [6.45, 7) is 0. The Morgan fingerprint density at radius 2 is 2.29 bits per heavy atom. The van der Waals surface area contributed by atoms with Crippen molar-refractivity contribution < 1.29 is 4.79 Å². The van der Waals surface area contributed by atoms with Gasteiger partial charge >= 0.3 is 0 Å². The van der Waals surface area contributed by atoms with Gasteiger partial charge in [0.25, 0.3) is 0 Å². The number of fused-ring (bicyclic) bond motifs is 2. The third-order valence-corrected chi connectivity index (χ3v) is 4.40. The van der Waals surface area contributed by atoms with Crippen LogP contribution in [0.4, 0.5) is 5.69 Å². The fraction of sp³-hybridized carbons (Fsp3) is 0.462. The Hall–Kier alpha value is -0.620. The predicted octanol–water partition coefficient (Wildman–Crippen LogP) is 2.37. The Morgan fingerprint density at radius 1 is 1.41 bits per heavy atom. The van der Waals surface area contributed by atoms with E-state index in [1.165, 1.54) is 6.42 Å². The van der Waals surface area contributed by atoms with Gasteiger partial charge in [0.1, 0.15) is 0 Å². The summed E-state index contributed by atoms with van der Waals surface area (Å²) in [7, 11) is 0. The number of nitrogens with one attached hydrogen (secondary N) is 2. The molecule has 2 bridgehead atoms. The molecule has 3 unspecified atom stereocenters. The van der Waals surface area contributed by atoms with E-state index in [1.54, 1.807) is 0 Å². The van der Waals surface area contributed by atoms with Crippen molar-refractivity contribution in [1.29, 1.82) is 0 Å². The van der Waals surface area contributed by atoms with Gasteiger partial charge in [-0.15, -0.1) is 0 Å². The molecule has 2 saturated heterocycles. The van der Waals surface area contributed by atoms with Gasteiger partial charge < -0.3 is 10.6 Å². The molecular weight excluding hydrogens is 327 g/mol. The molecule has 2 aliphatic rings. The average Bonchev–Trinajstić information content (AvgIpc) is 2.90. The molecule has 2 heterocycles. The molecule has 1 aromatic carbocycles. The molecule has 1 aromatic rings. The molecule has 3 nitrogen and oxygen atoms in total. The topological polar surface area (TPSA) is 41.1 Å². The number of hydrogen-bond acceptors (Lipinski definition) is 2. The van der Waals surface area contributed by atoms with Crippen molar-refractivity contribution in [3.63, 3.8) is 0 Å². The zero-order valence-corrected chi connectivity index (χ0v) is 11.6. The fourth-order valence-corrected chi connectivity index (χ4v) is 3.46. The Morgan fingerprint density at radius 3 is 2.94 bits per heavy atom. The molecule has 3 atom stereocenters. The second kappa shape index (κ2) is 4.57. The number of amides is 1. The molecule has 3 rings (SSSR count). The van der Waals surface area contributed by atoms with Gasteiger partial charge in [-0.05, 0) is 60.1 Å². The third kappa shape index (κ3) is 2.33. The van der Waals surface area contributed by atoms with Gasteiger partial charge in [-0.3, -0.25) is 4.79 Å². The lowest BCUT2D eigenvalue weighted by Crippen LogP contribution is -2.32. The lowest BCUT2D eigenvalue weighted by atomic mass is 9.88. The minimum Gasteiger partial charge on any atom is -0.326 e. The molecule has 0 spiro atoms. The molecular formula is C13H15IN2O. The van der Waals surface area contributed by atoms with Gasteiger partial charge in [0.05, 0.1) is 5.92 Å². The summed E-state index contributed by atoms with van der Waals surface area (Å²) in [5.74, 6) is 0.332. The van der Waals surface area contributed by atoms with E-state index in [-0.39, 0.29) is 11.8 Å². The van der Waals surface area contributed by atoms with Crippen molar-refractivity contribution >= 4 is 34.2 Å². The first kappa shape index (κ1) is 11.5. The van der Waals surface area contributed by atoms with Gasteiger partial charge in [-0.25, -0.2) is 0 Å². The summed E-state index contributed by atoms with van der Waals surface area (Å²) >= 11 is 2.26. The SMILES string of the molecule is O=C(Nc1cccc(I)c1)C1CC2CCC1N2. The van der Waals surface area contributed by atoms with Crippen LogP contribution in [0, 0.1) is 9.49 Å². The van der Waals surface area contributed by atoms with Gasteiger partial charge in [0.2, 0.25) is 5.91 Å². The van der Waals surface area contributed by atoms with E-state index in [0.29, 0.717) is 12.1 Å². The standard InChI is InChI=1S/C13H15IN2O/c14-8-2-1-3-9(6-8)16-13(17)11-7-10-4-5-12(11)15-10/h1-3,6,10-12,15H,4-5,7H2,(H,16,17). The zero-order chi connectivity index (χ0) is 11.8. The highest BCUT2D eigenvalue weighted by Gasteiger charge is 2.42. The number of benzene rings is 1. The number of rotatable bonds is 2. The molecule has 4 heteroatoms. The maximum atomic E-state index is 12.2. The molecule has 0 aromatic heterocycles. The van der Waals surface area contributed by atoms with Crippen LogP contribution in [0.1, 0.15) is 19.3 Å². The molecule has 17 heavy (non-hydrogen) atoms. The highest BCUT2D eigenvalue weighted by atomic mass is 127. The maximum absolute atomic E-state index is 12.2. The average molecular weight is 342 g/mol. The number of hydrogen-bond donors (Lipinski definition) is 2. The van der Waals surface area contributed by atoms with Crippen molar-refractivity contribution in [2.75, 3.05) is 5.32 Å². The number of anilines is 1. The highest BCUT2D eigenvalue weighted by Crippen LogP contribution is 2.33.